The maximum atomic E-state index is 13.8. The average molecular weight is 465 g/mol. The zero-order valence-corrected chi connectivity index (χ0v) is 18.4. The summed E-state index contributed by atoms with van der Waals surface area (Å²) in [6.45, 7) is 0. The molecule has 2 saturated heterocycles. The number of hydrogen-bond donors (Lipinski definition) is 0. The van der Waals surface area contributed by atoms with Crippen molar-refractivity contribution in [3.8, 4) is 0 Å². The number of hydrogen-bond acceptors (Lipinski definition) is 6. The molecule has 6 rings (SSSR count). The smallest absolute Gasteiger partial charge is 0.271 e. The van der Waals surface area contributed by atoms with E-state index in [0.717, 1.165) is 26.9 Å². The van der Waals surface area contributed by atoms with Crippen LogP contribution in [0.1, 0.15) is 11.6 Å². The quantitative estimate of drug-likeness (QED) is 0.244. The van der Waals surface area contributed by atoms with Crippen LogP contribution in [0.25, 0.3) is 10.8 Å². The van der Waals surface area contributed by atoms with Gasteiger partial charge in [0.05, 0.1) is 22.3 Å². The standard InChI is InChI=1S/C27H19N3O5/c31-26-23-24(22-15-6-9-17-8-4-5-14-21(17)22)29(18-10-2-1-3-11-18)35-25(23)27(32)28(26)19-12-7-13-20(16-19)30(33)34/h1-16,23-25H/t23-,24+,25+/m0/s1. The molecular formula is C27H19N3O5. The molecular weight excluding hydrogens is 446 g/mol. The van der Waals surface area contributed by atoms with Gasteiger partial charge in [0.25, 0.3) is 11.6 Å². The van der Waals surface area contributed by atoms with Gasteiger partial charge in [0, 0.05) is 12.1 Å². The van der Waals surface area contributed by atoms with Crippen LogP contribution in [0, 0.1) is 16.0 Å². The average Bonchev–Trinajstić information content (AvgIpc) is 3.40. The Labute approximate surface area is 200 Å². The monoisotopic (exact) mass is 465 g/mol. The molecule has 2 aliphatic heterocycles. The SMILES string of the molecule is O=C1[C@H]2[C@@H](c3cccc4ccccc34)N(c3ccccc3)O[C@H]2C(=O)N1c1cccc([N+](=O)[O-])c1. The summed E-state index contributed by atoms with van der Waals surface area (Å²) < 4.78 is 0. The van der Waals surface area contributed by atoms with E-state index in [1.54, 1.807) is 5.06 Å². The van der Waals surface area contributed by atoms with Gasteiger partial charge in [0.1, 0.15) is 5.92 Å². The molecule has 4 aromatic carbocycles. The van der Waals surface area contributed by atoms with Crippen LogP contribution in [0.4, 0.5) is 17.1 Å². The largest absolute Gasteiger partial charge is 0.273 e. The van der Waals surface area contributed by atoms with Crippen LogP contribution in [0.5, 0.6) is 0 Å². The summed E-state index contributed by atoms with van der Waals surface area (Å²) in [5.74, 6) is -1.81. The molecule has 0 bridgehead atoms. The van der Waals surface area contributed by atoms with Crippen LogP contribution in [-0.2, 0) is 14.4 Å². The fraction of sp³-hybridized carbons (Fsp3) is 0.111. The lowest BCUT2D eigenvalue weighted by Crippen LogP contribution is -2.37. The molecule has 0 N–H and O–H groups in total. The molecule has 8 heteroatoms. The predicted octanol–water partition coefficient (Wildman–Crippen LogP) is 4.80. The van der Waals surface area contributed by atoms with Crippen molar-refractivity contribution in [1.82, 2.24) is 0 Å². The minimum Gasteiger partial charge on any atom is -0.273 e. The van der Waals surface area contributed by atoms with Crippen molar-refractivity contribution in [2.24, 2.45) is 5.92 Å². The van der Waals surface area contributed by atoms with Crippen molar-refractivity contribution < 1.29 is 19.3 Å². The van der Waals surface area contributed by atoms with Crippen LogP contribution in [0.3, 0.4) is 0 Å². The van der Waals surface area contributed by atoms with Crippen LogP contribution in [-0.4, -0.2) is 22.8 Å². The third kappa shape index (κ3) is 3.26. The highest BCUT2D eigenvalue weighted by Gasteiger charge is 2.60. The van der Waals surface area contributed by atoms with Gasteiger partial charge in [-0.3, -0.25) is 24.5 Å². The first kappa shape index (κ1) is 21.0. The topological polar surface area (TPSA) is 93.0 Å². The van der Waals surface area contributed by atoms with E-state index < -0.39 is 34.8 Å². The zero-order chi connectivity index (χ0) is 24.1. The van der Waals surface area contributed by atoms with E-state index in [4.69, 9.17) is 4.84 Å². The summed E-state index contributed by atoms with van der Waals surface area (Å²) in [5, 5.41) is 14.9. The summed E-state index contributed by atoms with van der Waals surface area (Å²) in [5.41, 5.74) is 1.55. The number of nitro benzene ring substituents is 1. The lowest BCUT2D eigenvalue weighted by atomic mass is 9.87. The first-order chi connectivity index (χ1) is 17.0. The minimum atomic E-state index is -1.05. The van der Waals surface area contributed by atoms with Crippen molar-refractivity contribution in [2.75, 3.05) is 9.96 Å². The number of nitrogens with zero attached hydrogens (tertiary/aromatic N) is 3. The van der Waals surface area contributed by atoms with Gasteiger partial charge < -0.3 is 0 Å². The maximum absolute atomic E-state index is 13.8. The molecule has 0 radical (unpaired) electrons. The number of carbonyl (C=O) groups excluding carboxylic acids is 2. The molecule has 0 unspecified atom stereocenters. The van der Waals surface area contributed by atoms with E-state index in [0.29, 0.717) is 0 Å². The Morgan fingerprint density at radius 2 is 1.46 bits per heavy atom. The number of benzene rings is 4. The summed E-state index contributed by atoms with van der Waals surface area (Å²) >= 11 is 0. The highest BCUT2D eigenvalue weighted by molar-refractivity contribution is 6.24. The maximum Gasteiger partial charge on any atom is 0.271 e. The number of fused-ring (bicyclic) bond motifs is 2. The van der Waals surface area contributed by atoms with Gasteiger partial charge in [-0.2, -0.15) is 0 Å². The molecule has 0 aromatic heterocycles. The van der Waals surface area contributed by atoms with Crippen molar-refractivity contribution in [1.29, 1.82) is 0 Å². The van der Waals surface area contributed by atoms with E-state index in [1.807, 2.05) is 72.8 Å². The van der Waals surface area contributed by atoms with Crippen LogP contribution in [0.15, 0.2) is 97.1 Å². The van der Waals surface area contributed by atoms with Crippen LogP contribution in [0.2, 0.25) is 0 Å². The first-order valence-electron chi connectivity index (χ1n) is 11.2. The highest BCUT2D eigenvalue weighted by Crippen LogP contribution is 2.49. The van der Waals surface area contributed by atoms with Gasteiger partial charge in [0.15, 0.2) is 6.10 Å². The zero-order valence-electron chi connectivity index (χ0n) is 18.4. The molecule has 4 aromatic rings. The summed E-state index contributed by atoms with van der Waals surface area (Å²) in [6.07, 6.45) is -1.05. The third-order valence-electron chi connectivity index (χ3n) is 6.57. The molecule has 35 heavy (non-hydrogen) atoms. The molecule has 8 nitrogen and oxygen atoms in total. The number of imide groups is 1. The Morgan fingerprint density at radius 1 is 0.771 bits per heavy atom. The first-order valence-corrected chi connectivity index (χ1v) is 11.2. The van der Waals surface area contributed by atoms with Crippen LogP contribution < -0.4 is 9.96 Å². The Bertz CT molecular complexity index is 1480. The fourth-order valence-electron chi connectivity index (χ4n) is 5.04. The number of carbonyl (C=O) groups is 2. The summed E-state index contributed by atoms with van der Waals surface area (Å²) in [6, 6.07) is 28.0. The lowest BCUT2D eigenvalue weighted by Gasteiger charge is -2.29. The van der Waals surface area contributed by atoms with Crippen molar-refractivity contribution in [2.45, 2.75) is 12.1 Å². The van der Waals surface area contributed by atoms with Gasteiger partial charge in [-0.15, -0.1) is 0 Å². The normalized spacial score (nSPS) is 21.5. The molecule has 0 spiro atoms. The lowest BCUT2D eigenvalue weighted by molar-refractivity contribution is -0.384. The van der Waals surface area contributed by atoms with Crippen LogP contribution >= 0.6 is 0 Å². The number of hydroxylamine groups is 1. The van der Waals surface area contributed by atoms with Gasteiger partial charge in [-0.25, -0.2) is 9.96 Å². The third-order valence-corrected chi connectivity index (χ3v) is 6.57. The Hall–Kier alpha value is -4.56. The van der Waals surface area contributed by atoms with E-state index in [2.05, 4.69) is 0 Å². The van der Waals surface area contributed by atoms with Gasteiger partial charge >= 0.3 is 0 Å². The Balaban J connectivity index is 1.49. The van der Waals surface area contributed by atoms with Gasteiger partial charge in [-0.05, 0) is 34.5 Å². The van der Waals surface area contributed by atoms with Crippen molar-refractivity contribution in [3.05, 3.63) is 113 Å². The minimum absolute atomic E-state index is 0.162. The van der Waals surface area contributed by atoms with E-state index in [-0.39, 0.29) is 11.4 Å². The van der Waals surface area contributed by atoms with E-state index in [1.165, 1.54) is 24.3 Å². The van der Waals surface area contributed by atoms with Gasteiger partial charge in [-0.1, -0.05) is 66.7 Å². The number of nitro groups is 1. The highest BCUT2D eigenvalue weighted by atomic mass is 16.7. The Kier molecular flexibility index (Phi) is 4.82. The molecule has 0 aliphatic carbocycles. The molecule has 2 aliphatic rings. The second kappa shape index (κ2) is 8.03. The van der Waals surface area contributed by atoms with E-state index >= 15 is 0 Å². The van der Waals surface area contributed by atoms with E-state index in [9.17, 15) is 19.7 Å². The molecule has 2 amide bonds. The second-order valence-electron chi connectivity index (χ2n) is 8.52. The van der Waals surface area contributed by atoms with Crippen molar-refractivity contribution >= 4 is 39.6 Å². The summed E-state index contributed by atoms with van der Waals surface area (Å²) in [4.78, 5) is 45.2. The predicted molar refractivity (Wildman–Crippen MR) is 130 cm³/mol. The molecule has 0 saturated carbocycles. The summed E-state index contributed by atoms with van der Waals surface area (Å²) in [7, 11) is 0. The number of amides is 2. The number of non-ortho nitro benzene ring substituents is 1. The van der Waals surface area contributed by atoms with Crippen molar-refractivity contribution in [3.63, 3.8) is 0 Å². The number of rotatable bonds is 4. The fourth-order valence-corrected chi connectivity index (χ4v) is 5.04. The number of anilines is 2. The number of para-hydroxylation sites is 1. The Morgan fingerprint density at radius 3 is 2.26 bits per heavy atom. The van der Waals surface area contributed by atoms with Gasteiger partial charge in [0.2, 0.25) is 5.91 Å². The molecule has 3 atom stereocenters. The molecule has 2 heterocycles. The second-order valence-corrected chi connectivity index (χ2v) is 8.52. The molecule has 172 valence electrons. The molecule has 2 fully saturated rings.